The summed E-state index contributed by atoms with van der Waals surface area (Å²) in [6, 6.07) is 0. The smallest absolute Gasteiger partial charge is 0.281 e. The normalized spacial score (nSPS) is 15.2. The Labute approximate surface area is 51.8 Å². The first-order chi connectivity index (χ1) is 3.85. The quantitative estimate of drug-likeness (QED) is 0.446. The van der Waals surface area contributed by atoms with Crippen molar-refractivity contribution in [3.05, 3.63) is 0 Å². The van der Waals surface area contributed by atoms with Crippen LogP contribution in [0.4, 0.5) is 17.4 Å². The fourth-order valence-corrected chi connectivity index (χ4v) is 0.802. The van der Waals surface area contributed by atoms with Crippen LogP contribution in [0.3, 0.4) is 0 Å². The molecule has 0 aliphatic heterocycles. The molecule has 0 aromatic carbocycles. The minimum atomic E-state index is -5.03. The predicted molar refractivity (Wildman–Crippen MR) is 28.8 cm³/mol. The van der Waals surface area contributed by atoms with Gasteiger partial charge in [-0.05, 0) is 0 Å². The fraction of sp³-hybridized carbons (Fsp3) is 0.500. The highest BCUT2D eigenvalue weighted by Gasteiger charge is 2.42. The molecule has 0 N–H and O–H groups in total. The van der Waals surface area contributed by atoms with Crippen LogP contribution in [0.5, 0.6) is 0 Å². The van der Waals surface area contributed by atoms with E-state index in [9.17, 15) is 22.2 Å². The highest BCUT2D eigenvalue weighted by atomic mass is 32.0. The molecule has 0 amide bonds. The number of hydrogen-bond acceptors (Lipinski definition) is 1. The van der Waals surface area contributed by atoms with Crippen LogP contribution in [0.2, 0.25) is 0 Å². The molecule has 0 saturated heterocycles. The first-order valence-corrected chi connectivity index (χ1v) is 4.52. The van der Waals surface area contributed by atoms with E-state index in [2.05, 4.69) is 0 Å². The summed E-state index contributed by atoms with van der Waals surface area (Å²) >= 11 is 0. The molecule has 0 spiro atoms. The van der Waals surface area contributed by atoms with Gasteiger partial charge in [-0.15, -0.1) is 0 Å². The van der Waals surface area contributed by atoms with E-state index in [4.69, 9.17) is 0 Å². The second-order valence-corrected chi connectivity index (χ2v) is 3.50. The molecule has 0 aliphatic rings. The van der Waals surface area contributed by atoms with Gasteiger partial charge in [0.2, 0.25) is 0 Å². The van der Waals surface area contributed by atoms with Crippen LogP contribution >= 0.6 is 16.8 Å². The summed E-state index contributed by atoms with van der Waals surface area (Å²) in [7, 11) is -1.91. The summed E-state index contributed by atoms with van der Waals surface area (Å²) in [5.41, 5.74) is -2.30. The molecule has 2 atom stereocenters. The monoisotopic (exact) mass is 180 g/mol. The minimum Gasteiger partial charge on any atom is -0.281 e. The molecule has 0 aromatic heterocycles. The van der Waals surface area contributed by atoms with Gasteiger partial charge in [0.05, 0.1) is 0 Å². The summed E-state index contributed by atoms with van der Waals surface area (Å²) in [6.45, 7) is 0. The molecular formula is C2H2F4OP2. The highest BCUT2D eigenvalue weighted by molar-refractivity contribution is 8.19. The van der Waals surface area contributed by atoms with Crippen LogP contribution < -0.4 is 0 Å². The Morgan fingerprint density at radius 1 is 1.44 bits per heavy atom. The molecule has 7 heteroatoms. The van der Waals surface area contributed by atoms with Gasteiger partial charge in [0.15, 0.2) is 7.92 Å². The predicted octanol–water partition coefficient (Wildman–Crippen LogP) is 2.23. The van der Waals surface area contributed by atoms with Crippen molar-refractivity contribution in [2.45, 2.75) is 6.18 Å². The van der Waals surface area contributed by atoms with E-state index < -0.39 is 19.6 Å². The van der Waals surface area contributed by atoms with Crippen molar-refractivity contribution in [3.63, 3.8) is 0 Å². The lowest BCUT2D eigenvalue weighted by Gasteiger charge is -2.02. The van der Waals surface area contributed by atoms with Gasteiger partial charge in [-0.25, -0.2) is 4.20 Å². The van der Waals surface area contributed by atoms with Crippen molar-refractivity contribution in [1.29, 1.82) is 0 Å². The van der Waals surface area contributed by atoms with Gasteiger partial charge in [0, 0.05) is 0 Å². The molecule has 0 aliphatic carbocycles. The summed E-state index contributed by atoms with van der Waals surface area (Å²) < 4.78 is 44.9. The Balaban J connectivity index is 4.06. The Morgan fingerprint density at radius 2 is 1.78 bits per heavy atom. The van der Waals surface area contributed by atoms with E-state index >= 15 is 0 Å². The number of carbonyl (C=O) groups excluding carboxylic acids is 1. The summed E-state index contributed by atoms with van der Waals surface area (Å²) in [4.78, 5) is 9.67. The van der Waals surface area contributed by atoms with Gasteiger partial charge >= 0.3 is 6.18 Å². The topological polar surface area (TPSA) is 17.1 Å². The second-order valence-electron chi connectivity index (χ2n) is 1.11. The van der Waals surface area contributed by atoms with E-state index in [1.54, 1.807) is 0 Å². The van der Waals surface area contributed by atoms with Crippen molar-refractivity contribution >= 4 is 22.4 Å². The molecule has 54 valence electrons. The van der Waals surface area contributed by atoms with Crippen LogP contribution in [0.1, 0.15) is 0 Å². The SMILES string of the molecule is O=C(P(F)P)C(F)(F)F. The second kappa shape index (κ2) is 2.89. The van der Waals surface area contributed by atoms with Gasteiger partial charge < -0.3 is 0 Å². The lowest BCUT2D eigenvalue weighted by Crippen LogP contribution is -2.18. The molecule has 0 radical (unpaired) electrons. The molecule has 9 heavy (non-hydrogen) atoms. The molecule has 1 nitrogen and oxygen atoms in total. The first kappa shape index (κ1) is 9.25. The van der Waals surface area contributed by atoms with E-state index in [1.807, 2.05) is 0 Å². The minimum absolute atomic E-state index is 1.19. The number of alkyl halides is 3. The largest absolute Gasteiger partial charge is 0.457 e. The van der Waals surface area contributed by atoms with Gasteiger partial charge in [0.25, 0.3) is 5.52 Å². The number of carbonyl (C=O) groups is 1. The maximum absolute atomic E-state index is 11.5. The van der Waals surface area contributed by atoms with Crippen molar-refractivity contribution < 1.29 is 22.2 Å². The van der Waals surface area contributed by atoms with Crippen LogP contribution in [0.15, 0.2) is 0 Å². The van der Waals surface area contributed by atoms with Crippen LogP contribution in [0, 0.1) is 0 Å². The molecule has 0 fully saturated rings. The van der Waals surface area contributed by atoms with Gasteiger partial charge in [-0.2, -0.15) is 13.2 Å². The Bertz CT molecular complexity index is 118. The Morgan fingerprint density at radius 3 is 1.78 bits per heavy atom. The molecule has 0 bridgehead atoms. The van der Waals surface area contributed by atoms with E-state index in [-0.39, 0.29) is 0 Å². The number of halogens is 4. The van der Waals surface area contributed by atoms with Crippen molar-refractivity contribution in [3.8, 4) is 0 Å². The van der Waals surface area contributed by atoms with Gasteiger partial charge in [-0.3, -0.25) is 4.79 Å². The third-order valence-electron chi connectivity index (χ3n) is 0.437. The van der Waals surface area contributed by atoms with Gasteiger partial charge in [-0.1, -0.05) is 8.93 Å². The number of hydrogen-bond donors (Lipinski definition) is 0. The third-order valence-corrected chi connectivity index (χ3v) is 1.78. The summed E-state index contributed by atoms with van der Waals surface area (Å²) in [6.07, 6.45) is -5.03. The van der Waals surface area contributed by atoms with E-state index in [0.717, 1.165) is 0 Å². The summed E-state index contributed by atoms with van der Waals surface area (Å²) in [5, 5.41) is 0. The first-order valence-electron chi connectivity index (χ1n) is 1.67. The fourth-order valence-electron chi connectivity index (χ4n) is 0.121. The maximum Gasteiger partial charge on any atom is 0.457 e. The molecular weight excluding hydrogens is 178 g/mol. The molecule has 0 saturated carbocycles. The molecule has 0 heterocycles. The average molecular weight is 180 g/mol. The Hall–Kier alpha value is 0.250. The van der Waals surface area contributed by atoms with Crippen molar-refractivity contribution in [2.75, 3.05) is 0 Å². The van der Waals surface area contributed by atoms with Crippen molar-refractivity contribution in [2.24, 2.45) is 0 Å². The molecule has 2 unspecified atom stereocenters. The van der Waals surface area contributed by atoms with Crippen LogP contribution in [0.25, 0.3) is 0 Å². The number of rotatable bonds is 1. The van der Waals surface area contributed by atoms with Crippen molar-refractivity contribution in [1.82, 2.24) is 0 Å². The maximum atomic E-state index is 11.5. The van der Waals surface area contributed by atoms with Gasteiger partial charge in [0.1, 0.15) is 0 Å². The average Bonchev–Trinajstić information content (AvgIpc) is 1.62. The third kappa shape index (κ3) is 3.07. The van der Waals surface area contributed by atoms with Crippen LogP contribution in [-0.4, -0.2) is 11.7 Å². The zero-order valence-corrected chi connectivity index (χ0v) is 5.99. The Kier molecular flexibility index (Phi) is 2.97. The lowest BCUT2D eigenvalue weighted by atomic mass is 10.8. The zero-order valence-electron chi connectivity index (χ0n) is 3.94. The van der Waals surface area contributed by atoms with E-state index in [1.165, 1.54) is 8.93 Å². The highest BCUT2D eigenvalue weighted by Crippen LogP contribution is 2.51. The molecule has 0 aromatic rings. The van der Waals surface area contributed by atoms with E-state index in [0.29, 0.717) is 0 Å². The standard InChI is InChI=1S/C2H2F4OP2/c3-2(4,5)1(7)9(6)8/h8H2. The lowest BCUT2D eigenvalue weighted by molar-refractivity contribution is -0.161. The summed E-state index contributed by atoms with van der Waals surface area (Å²) in [5.74, 6) is 0. The molecule has 0 rings (SSSR count). The van der Waals surface area contributed by atoms with Crippen LogP contribution in [-0.2, 0) is 4.79 Å². The zero-order chi connectivity index (χ0) is 7.65.